The van der Waals surface area contributed by atoms with Crippen molar-refractivity contribution in [2.45, 2.75) is 44.8 Å². The highest BCUT2D eigenvalue weighted by atomic mass is 16.1. The van der Waals surface area contributed by atoms with Gasteiger partial charge in [-0.2, -0.15) is 0 Å². The van der Waals surface area contributed by atoms with Crippen molar-refractivity contribution in [3.63, 3.8) is 0 Å². The fraction of sp³-hybridized carbons (Fsp3) is 0.423. The van der Waals surface area contributed by atoms with Gasteiger partial charge in [0.25, 0.3) is 0 Å². The fourth-order valence-corrected chi connectivity index (χ4v) is 5.27. The zero-order chi connectivity index (χ0) is 20.5. The molecule has 2 fully saturated rings. The Morgan fingerprint density at radius 3 is 2.30 bits per heavy atom. The summed E-state index contributed by atoms with van der Waals surface area (Å²) in [4.78, 5) is 17.2. The molecule has 1 atom stereocenters. The van der Waals surface area contributed by atoms with Crippen LogP contribution < -0.4 is 0 Å². The maximum atomic E-state index is 12.2. The van der Waals surface area contributed by atoms with Crippen LogP contribution in [0.2, 0.25) is 0 Å². The van der Waals surface area contributed by atoms with Crippen LogP contribution in [0.1, 0.15) is 37.4 Å². The van der Waals surface area contributed by atoms with Gasteiger partial charge in [0.1, 0.15) is 6.17 Å². The minimum atomic E-state index is -0.235. The molecule has 2 heterocycles. The summed E-state index contributed by atoms with van der Waals surface area (Å²) < 4.78 is 2.16. The van der Waals surface area contributed by atoms with Crippen LogP contribution in [0.5, 0.6) is 0 Å². The second-order valence-electron chi connectivity index (χ2n) is 8.92. The topological polar surface area (TPSA) is 28.5 Å². The van der Waals surface area contributed by atoms with Gasteiger partial charge in [0.05, 0.1) is 5.52 Å². The quantitative estimate of drug-likeness (QED) is 0.571. The van der Waals surface area contributed by atoms with Crippen LogP contribution >= 0.6 is 0 Å². The summed E-state index contributed by atoms with van der Waals surface area (Å²) in [7, 11) is 0. The smallest absolute Gasteiger partial charge is 0.157 e. The van der Waals surface area contributed by atoms with Gasteiger partial charge in [-0.05, 0) is 48.4 Å². The van der Waals surface area contributed by atoms with E-state index >= 15 is 0 Å². The van der Waals surface area contributed by atoms with E-state index in [1.54, 1.807) is 0 Å². The molecule has 0 radical (unpaired) electrons. The number of hydrogen-bond acceptors (Lipinski definition) is 3. The van der Waals surface area contributed by atoms with Gasteiger partial charge in [-0.1, -0.05) is 54.8 Å². The van der Waals surface area contributed by atoms with E-state index in [0.717, 1.165) is 44.0 Å². The molecule has 1 saturated heterocycles. The summed E-state index contributed by atoms with van der Waals surface area (Å²) in [5.74, 6) is 0. The van der Waals surface area contributed by atoms with E-state index < -0.39 is 0 Å². The zero-order valence-corrected chi connectivity index (χ0v) is 17.8. The second-order valence-corrected chi connectivity index (χ2v) is 8.92. The number of aldehydes is 1. The number of carbonyl (C=O) groups is 1. The van der Waals surface area contributed by atoms with Crippen LogP contribution in [0.25, 0.3) is 22.0 Å². The van der Waals surface area contributed by atoms with E-state index in [1.807, 2.05) is 0 Å². The minimum absolute atomic E-state index is 0.235. The van der Waals surface area contributed by atoms with E-state index in [2.05, 4.69) is 76.0 Å². The van der Waals surface area contributed by atoms with Crippen molar-refractivity contribution >= 4 is 17.2 Å². The maximum Gasteiger partial charge on any atom is 0.157 e. The Hall–Kier alpha value is -2.43. The predicted octanol–water partition coefficient (Wildman–Crippen LogP) is 4.87. The van der Waals surface area contributed by atoms with Crippen molar-refractivity contribution < 1.29 is 4.79 Å². The summed E-state index contributed by atoms with van der Waals surface area (Å²) in [5, 5.41) is 1.18. The first kappa shape index (κ1) is 19.5. The second kappa shape index (κ2) is 8.37. The van der Waals surface area contributed by atoms with Gasteiger partial charge in [0.2, 0.25) is 0 Å². The van der Waals surface area contributed by atoms with Gasteiger partial charge >= 0.3 is 0 Å². The van der Waals surface area contributed by atoms with Crippen LogP contribution in [0.4, 0.5) is 0 Å². The van der Waals surface area contributed by atoms with Gasteiger partial charge in [-0.15, -0.1) is 0 Å². The van der Waals surface area contributed by atoms with E-state index in [0.29, 0.717) is 0 Å². The fourth-order valence-electron chi connectivity index (χ4n) is 5.27. The molecule has 156 valence electrons. The first-order valence-corrected chi connectivity index (χ1v) is 11.3. The molecule has 4 heteroatoms. The van der Waals surface area contributed by atoms with Crippen molar-refractivity contribution in [2.75, 3.05) is 26.2 Å². The first-order chi connectivity index (χ1) is 14.7. The van der Waals surface area contributed by atoms with E-state index in [9.17, 15) is 4.79 Å². The maximum absolute atomic E-state index is 12.2. The van der Waals surface area contributed by atoms with E-state index in [-0.39, 0.29) is 6.17 Å². The Kier molecular flexibility index (Phi) is 5.45. The standard InChI is InChI=1S/C26H31N3O/c1-20-6-8-21(9-7-20)23-11-10-22-12-13-29(25(22)18-23)26(19-30)28-16-14-27(15-17-28)24-4-2-3-5-24/h6-13,18-19,24,26H,2-5,14-17H2,1H3. The number of aromatic nitrogens is 1. The molecule has 4 nitrogen and oxygen atoms in total. The summed E-state index contributed by atoms with van der Waals surface area (Å²) >= 11 is 0. The normalized spacial score (nSPS) is 20.0. The minimum Gasteiger partial charge on any atom is -0.324 e. The third kappa shape index (κ3) is 3.70. The summed E-state index contributed by atoms with van der Waals surface area (Å²) in [5.41, 5.74) is 4.80. The van der Waals surface area contributed by atoms with E-state index in [4.69, 9.17) is 0 Å². The molecule has 2 aliphatic rings. The van der Waals surface area contributed by atoms with Gasteiger partial charge in [-0.25, -0.2) is 0 Å². The van der Waals surface area contributed by atoms with Crippen LogP contribution in [-0.4, -0.2) is 52.9 Å². The Balaban J connectivity index is 1.39. The zero-order valence-electron chi connectivity index (χ0n) is 17.8. The van der Waals surface area contributed by atoms with Crippen LogP contribution in [-0.2, 0) is 4.79 Å². The Labute approximate surface area is 179 Å². The van der Waals surface area contributed by atoms with Gasteiger partial charge in [-0.3, -0.25) is 14.6 Å². The van der Waals surface area contributed by atoms with Crippen molar-refractivity contribution in [3.05, 3.63) is 60.3 Å². The molecule has 0 N–H and O–H groups in total. The highest BCUT2D eigenvalue weighted by Gasteiger charge is 2.29. The number of nitrogens with zero attached hydrogens (tertiary/aromatic N) is 3. The molecule has 1 aliphatic heterocycles. The Morgan fingerprint density at radius 1 is 0.900 bits per heavy atom. The molecule has 1 saturated carbocycles. The third-order valence-electron chi connectivity index (χ3n) is 7.08. The van der Waals surface area contributed by atoms with Gasteiger partial charge < -0.3 is 4.57 Å². The highest BCUT2D eigenvalue weighted by Crippen LogP contribution is 2.29. The lowest BCUT2D eigenvalue weighted by molar-refractivity contribution is -0.116. The molecular formula is C26H31N3O. The number of benzene rings is 2. The molecule has 0 bridgehead atoms. The lowest BCUT2D eigenvalue weighted by Gasteiger charge is -2.40. The Morgan fingerprint density at radius 2 is 1.60 bits per heavy atom. The predicted molar refractivity (Wildman–Crippen MR) is 123 cm³/mol. The summed E-state index contributed by atoms with van der Waals surface area (Å²) in [6.07, 6.45) is 8.40. The molecule has 0 spiro atoms. The number of piperazine rings is 1. The van der Waals surface area contributed by atoms with Gasteiger partial charge in [0, 0.05) is 38.4 Å². The number of rotatable bonds is 5. The lowest BCUT2D eigenvalue weighted by Crippen LogP contribution is -2.51. The molecular weight excluding hydrogens is 370 g/mol. The van der Waals surface area contributed by atoms with E-state index in [1.165, 1.54) is 47.8 Å². The van der Waals surface area contributed by atoms with Crippen LogP contribution in [0.3, 0.4) is 0 Å². The molecule has 1 aliphatic carbocycles. The molecule has 1 aromatic heterocycles. The number of hydrogen-bond donors (Lipinski definition) is 0. The average molecular weight is 402 g/mol. The highest BCUT2D eigenvalue weighted by molar-refractivity contribution is 5.86. The largest absolute Gasteiger partial charge is 0.324 e. The Bertz CT molecular complexity index is 1010. The molecule has 5 rings (SSSR count). The SMILES string of the molecule is Cc1ccc(-c2ccc3ccn(C(C=O)N4CCN(C5CCCC5)CC4)c3c2)cc1. The molecule has 1 unspecified atom stereocenters. The molecule has 30 heavy (non-hydrogen) atoms. The number of carbonyl (C=O) groups excluding carboxylic acids is 1. The summed E-state index contributed by atoms with van der Waals surface area (Å²) in [6, 6.07) is 18.1. The average Bonchev–Trinajstić information content (AvgIpc) is 3.46. The third-order valence-corrected chi connectivity index (χ3v) is 7.08. The molecule has 2 aromatic carbocycles. The molecule has 0 amide bonds. The summed E-state index contributed by atoms with van der Waals surface area (Å²) in [6.45, 7) is 6.17. The van der Waals surface area contributed by atoms with Crippen LogP contribution in [0, 0.1) is 6.92 Å². The van der Waals surface area contributed by atoms with Crippen molar-refractivity contribution in [3.8, 4) is 11.1 Å². The first-order valence-electron chi connectivity index (χ1n) is 11.3. The molecule has 3 aromatic rings. The van der Waals surface area contributed by atoms with Crippen molar-refractivity contribution in [1.82, 2.24) is 14.4 Å². The monoisotopic (exact) mass is 401 g/mol. The van der Waals surface area contributed by atoms with Crippen molar-refractivity contribution in [1.29, 1.82) is 0 Å². The van der Waals surface area contributed by atoms with Gasteiger partial charge in [0.15, 0.2) is 6.29 Å². The van der Waals surface area contributed by atoms with Crippen LogP contribution in [0.15, 0.2) is 54.7 Å². The number of fused-ring (bicyclic) bond motifs is 1. The number of aryl methyl sites for hydroxylation is 1. The lowest BCUT2D eigenvalue weighted by atomic mass is 10.0. The van der Waals surface area contributed by atoms with Crippen molar-refractivity contribution in [2.24, 2.45) is 0 Å².